The predicted molar refractivity (Wildman–Crippen MR) is 83.7 cm³/mol. The molecule has 2 aromatic rings. The molecule has 1 aromatic heterocycles. The summed E-state index contributed by atoms with van der Waals surface area (Å²) < 4.78 is 0. The SMILES string of the molecule is CC(C)Cc1cccc(CC(C)Cc2nccs2)c1. The minimum Gasteiger partial charge on any atom is -0.250 e. The Hall–Kier alpha value is -1.15. The molecule has 0 aliphatic carbocycles. The van der Waals surface area contributed by atoms with E-state index in [1.807, 2.05) is 6.20 Å². The standard InChI is InChI=1S/C17H23NS/c1-13(2)9-15-5-4-6-16(12-15)10-14(3)11-17-18-7-8-19-17/h4-8,12-14H,9-11H2,1-3H3. The maximum absolute atomic E-state index is 4.37. The van der Waals surface area contributed by atoms with Crippen LogP contribution in [0, 0.1) is 11.8 Å². The molecule has 102 valence electrons. The third-order valence-electron chi connectivity index (χ3n) is 3.23. The molecule has 1 aromatic carbocycles. The van der Waals surface area contributed by atoms with E-state index in [0.717, 1.165) is 18.8 Å². The summed E-state index contributed by atoms with van der Waals surface area (Å²) in [4.78, 5) is 4.37. The molecule has 1 heterocycles. The highest BCUT2D eigenvalue weighted by atomic mass is 32.1. The van der Waals surface area contributed by atoms with Crippen LogP contribution >= 0.6 is 11.3 Å². The van der Waals surface area contributed by atoms with Gasteiger partial charge in [0.2, 0.25) is 0 Å². The lowest BCUT2D eigenvalue weighted by Crippen LogP contribution is -2.04. The fourth-order valence-corrected chi connectivity index (χ4v) is 3.26. The van der Waals surface area contributed by atoms with Gasteiger partial charge in [-0.2, -0.15) is 0 Å². The van der Waals surface area contributed by atoms with E-state index in [2.05, 4.69) is 55.4 Å². The van der Waals surface area contributed by atoms with E-state index in [9.17, 15) is 0 Å². The zero-order valence-electron chi connectivity index (χ0n) is 12.1. The van der Waals surface area contributed by atoms with Crippen molar-refractivity contribution in [3.63, 3.8) is 0 Å². The van der Waals surface area contributed by atoms with Crippen molar-refractivity contribution >= 4 is 11.3 Å². The van der Waals surface area contributed by atoms with Crippen LogP contribution in [0.1, 0.15) is 36.9 Å². The van der Waals surface area contributed by atoms with Gasteiger partial charge in [-0.1, -0.05) is 45.0 Å². The van der Waals surface area contributed by atoms with Gasteiger partial charge in [0.15, 0.2) is 0 Å². The second-order valence-corrected chi connectivity index (χ2v) is 6.84. The molecular weight excluding hydrogens is 250 g/mol. The van der Waals surface area contributed by atoms with E-state index in [1.165, 1.54) is 22.6 Å². The predicted octanol–water partition coefficient (Wildman–Crippen LogP) is 4.76. The summed E-state index contributed by atoms with van der Waals surface area (Å²) in [6.45, 7) is 6.87. The number of hydrogen-bond acceptors (Lipinski definition) is 2. The maximum atomic E-state index is 4.37. The highest BCUT2D eigenvalue weighted by Gasteiger charge is 2.07. The van der Waals surface area contributed by atoms with Crippen LogP contribution in [0.4, 0.5) is 0 Å². The number of hydrogen-bond donors (Lipinski definition) is 0. The second kappa shape index (κ2) is 6.85. The van der Waals surface area contributed by atoms with Gasteiger partial charge in [0.1, 0.15) is 0 Å². The quantitative estimate of drug-likeness (QED) is 0.739. The summed E-state index contributed by atoms with van der Waals surface area (Å²) in [5.74, 6) is 1.38. The van der Waals surface area contributed by atoms with Gasteiger partial charge in [-0.15, -0.1) is 11.3 Å². The maximum Gasteiger partial charge on any atom is 0.0927 e. The van der Waals surface area contributed by atoms with Crippen LogP contribution in [0.3, 0.4) is 0 Å². The number of rotatable bonds is 6. The molecule has 1 unspecified atom stereocenters. The second-order valence-electron chi connectivity index (χ2n) is 5.86. The lowest BCUT2D eigenvalue weighted by atomic mass is 9.95. The van der Waals surface area contributed by atoms with Gasteiger partial charge in [-0.25, -0.2) is 4.98 Å². The monoisotopic (exact) mass is 273 g/mol. The van der Waals surface area contributed by atoms with Crippen LogP contribution in [0.2, 0.25) is 0 Å². The first-order valence-corrected chi connectivity index (χ1v) is 7.97. The normalized spacial score (nSPS) is 12.8. The highest BCUT2D eigenvalue weighted by Crippen LogP contribution is 2.17. The van der Waals surface area contributed by atoms with E-state index in [0.29, 0.717) is 5.92 Å². The average Bonchev–Trinajstić information content (AvgIpc) is 2.81. The molecule has 0 fully saturated rings. The Morgan fingerprint density at radius 2 is 1.79 bits per heavy atom. The largest absolute Gasteiger partial charge is 0.250 e. The molecule has 2 heteroatoms. The van der Waals surface area contributed by atoms with Gasteiger partial charge in [0.05, 0.1) is 5.01 Å². The minimum atomic E-state index is 0.653. The number of aromatic nitrogens is 1. The Morgan fingerprint density at radius 1 is 1.05 bits per heavy atom. The van der Waals surface area contributed by atoms with Gasteiger partial charge >= 0.3 is 0 Å². The summed E-state index contributed by atoms with van der Waals surface area (Å²) in [5, 5.41) is 3.32. The molecule has 0 aliphatic rings. The van der Waals surface area contributed by atoms with Crippen molar-refractivity contribution < 1.29 is 0 Å². The fraction of sp³-hybridized carbons (Fsp3) is 0.471. The van der Waals surface area contributed by atoms with Crippen LogP contribution in [0.15, 0.2) is 35.8 Å². The van der Waals surface area contributed by atoms with Crippen molar-refractivity contribution in [2.24, 2.45) is 11.8 Å². The number of thiazole rings is 1. The molecule has 1 atom stereocenters. The Kier molecular flexibility index (Phi) is 5.15. The van der Waals surface area contributed by atoms with Crippen LogP contribution in [0.5, 0.6) is 0 Å². The molecule has 0 radical (unpaired) electrons. The van der Waals surface area contributed by atoms with Gasteiger partial charge in [-0.05, 0) is 35.8 Å². The van der Waals surface area contributed by atoms with E-state index < -0.39 is 0 Å². The molecule has 0 aliphatic heterocycles. The van der Waals surface area contributed by atoms with Crippen molar-refractivity contribution in [2.75, 3.05) is 0 Å². The highest BCUT2D eigenvalue weighted by molar-refractivity contribution is 7.09. The average molecular weight is 273 g/mol. The number of benzene rings is 1. The third kappa shape index (κ3) is 4.79. The van der Waals surface area contributed by atoms with Gasteiger partial charge in [0, 0.05) is 18.0 Å². The first-order chi connectivity index (χ1) is 9.13. The Labute approximate surface area is 120 Å². The molecule has 1 nitrogen and oxygen atoms in total. The van der Waals surface area contributed by atoms with Crippen molar-refractivity contribution in [2.45, 2.75) is 40.0 Å². The summed E-state index contributed by atoms with van der Waals surface area (Å²) in [5.41, 5.74) is 2.93. The van der Waals surface area contributed by atoms with Gasteiger partial charge in [0.25, 0.3) is 0 Å². The molecule has 2 rings (SSSR count). The molecule has 0 amide bonds. The first kappa shape index (κ1) is 14.3. The van der Waals surface area contributed by atoms with E-state index in [4.69, 9.17) is 0 Å². The van der Waals surface area contributed by atoms with Crippen LogP contribution in [-0.2, 0) is 19.3 Å². The minimum absolute atomic E-state index is 0.653. The van der Waals surface area contributed by atoms with E-state index in [1.54, 1.807) is 11.3 Å². The summed E-state index contributed by atoms with van der Waals surface area (Å²) in [7, 11) is 0. The van der Waals surface area contributed by atoms with Gasteiger partial charge < -0.3 is 0 Å². The van der Waals surface area contributed by atoms with Crippen molar-refractivity contribution in [3.8, 4) is 0 Å². The topological polar surface area (TPSA) is 12.9 Å². The van der Waals surface area contributed by atoms with Crippen LogP contribution in [0.25, 0.3) is 0 Å². The van der Waals surface area contributed by atoms with Gasteiger partial charge in [-0.3, -0.25) is 0 Å². The Bertz CT molecular complexity index is 488. The molecule has 0 bridgehead atoms. The summed E-state index contributed by atoms with van der Waals surface area (Å²) in [6.07, 6.45) is 5.31. The van der Waals surface area contributed by atoms with E-state index >= 15 is 0 Å². The molecule has 0 saturated carbocycles. The van der Waals surface area contributed by atoms with E-state index in [-0.39, 0.29) is 0 Å². The van der Waals surface area contributed by atoms with Crippen LogP contribution in [-0.4, -0.2) is 4.98 Å². The smallest absolute Gasteiger partial charge is 0.0927 e. The van der Waals surface area contributed by atoms with Crippen LogP contribution < -0.4 is 0 Å². The summed E-state index contributed by atoms with van der Waals surface area (Å²) >= 11 is 1.76. The lowest BCUT2D eigenvalue weighted by molar-refractivity contribution is 0.574. The molecule has 0 spiro atoms. The zero-order chi connectivity index (χ0) is 13.7. The van der Waals surface area contributed by atoms with Crippen molar-refractivity contribution in [1.82, 2.24) is 4.98 Å². The number of nitrogens with zero attached hydrogens (tertiary/aromatic N) is 1. The van der Waals surface area contributed by atoms with Crippen molar-refractivity contribution in [1.29, 1.82) is 0 Å². The Balaban J connectivity index is 1.94. The first-order valence-electron chi connectivity index (χ1n) is 7.09. The molecule has 19 heavy (non-hydrogen) atoms. The third-order valence-corrected chi connectivity index (χ3v) is 4.03. The summed E-state index contributed by atoms with van der Waals surface area (Å²) in [6, 6.07) is 9.07. The molecule has 0 N–H and O–H groups in total. The molecule has 0 saturated heterocycles. The Morgan fingerprint density at radius 3 is 2.42 bits per heavy atom. The molecular formula is C17H23NS. The lowest BCUT2D eigenvalue weighted by Gasteiger charge is -2.12. The zero-order valence-corrected chi connectivity index (χ0v) is 12.9. The van der Waals surface area contributed by atoms with Crippen molar-refractivity contribution in [3.05, 3.63) is 52.0 Å². The fourth-order valence-electron chi connectivity index (χ4n) is 2.48.